The number of nitrogens with zero attached hydrogens (tertiary/aromatic N) is 1. The zero-order valence-electron chi connectivity index (χ0n) is 8.05. The van der Waals surface area contributed by atoms with Crippen molar-refractivity contribution < 1.29 is 9.84 Å². The third-order valence-electron chi connectivity index (χ3n) is 2.04. The zero-order valence-corrected chi connectivity index (χ0v) is 8.05. The summed E-state index contributed by atoms with van der Waals surface area (Å²) in [5.41, 5.74) is 0.976. The average molecular weight is 191 g/mol. The van der Waals surface area contributed by atoms with Crippen LogP contribution in [-0.4, -0.2) is 18.3 Å². The highest BCUT2D eigenvalue weighted by molar-refractivity contribution is 5.18. The largest absolute Gasteiger partial charge is 0.378 e. The standard InChI is InChI=1S/C11H13NO2/c1-14-11(7-10(13)8-12)9-5-3-2-4-6-9/h2-6,10-11,13H,7H2,1H3/t10-,11-/m1/s1. The summed E-state index contributed by atoms with van der Waals surface area (Å²) >= 11 is 0. The van der Waals surface area contributed by atoms with Crippen LogP contribution in [0, 0.1) is 11.3 Å². The Morgan fingerprint density at radius 3 is 2.57 bits per heavy atom. The van der Waals surface area contributed by atoms with E-state index in [-0.39, 0.29) is 6.10 Å². The van der Waals surface area contributed by atoms with Crippen LogP contribution in [0.15, 0.2) is 30.3 Å². The molecule has 1 aromatic rings. The second kappa shape index (κ2) is 5.38. The van der Waals surface area contributed by atoms with Crippen LogP contribution >= 0.6 is 0 Å². The van der Waals surface area contributed by atoms with Gasteiger partial charge in [-0.2, -0.15) is 5.26 Å². The molecule has 0 aliphatic rings. The summed E-state index contributed by atoms with van der Waals surface area (Å²) in [5, 5.41) is 17.7. The molecule has 0 unspecified atom stereocenters. The lowest BCUT2D eigenvalue weighted by Crippen LogP contribution is -2.11. The van der Waals surface area contributed by atoms with E-state index in [0.717, 1.165) is 5.56 Å². The third-order valence-corrected chi connectivity index (χ3v) is 2.04. The van der Waals surface area contributed by atoms with E-state index in [9.17, 15) is 5.11 Å². The Bertz CT molecular complexity index is 305. The van der Waals surface area contributed by atoms with E-state index in [0.29, 0.717) is 6.42 Å². The van der Waals surface area contributed by atoms with Crippen LogP contribution in [0.2, 0.25) is 0 Å². The van der Waals surface area contributed by atoms with Gasteiger partial charge in [-0.05, 0) is 5.56 Å². The van der Waals surface area contributed by atoms with E-state index < -0.39 is 6.10 Å². The van der Waals surface area contributed by atoms with Gasteiger partial charge in [-0.25, -0.2) is 0 Å². The van der Waals surface area contributed by atoms with Gasteiger partial charge in [-0.15, -0.1) is 0 Å². The molecule has 0 bridgehead atoms. The molecule has 1 rings (SSSR count). The number of ether oxygens (including phenoxy) is 1. The molecule has 0 saturated carbocycles. The molecule has 0 amide bonds. The summed E-state index contributed by atoms with van der Waals surface area (Å²) in [7, 11) is 1.57. The maximum Gasteiger partial charge on any atom is 0.143 e. The number of hydrogen-bond donors (Lipinski definition) is 1. The van der Waals surface area contributed by atoms with E-state index in [1.165, 1.54) is 0 Å². The second-order valence-electron chi connectivity index (χ2n) is 3.02. The number of rotatable bonds is 4. The summed E-state index contributed by atoms with van der Waals surface area (Å²) in [6.07, 6.45) is -0.886. The Hall–Kier alpha value is -1.37. The number of hydrogen-bond acceptors (Lipinski definition) is 3. The van der Waals surface area contributed by atoms with Crippen LogP contribution in [0.5, 0.6) is 0 Å². The van der Waals surface area contributed by atoms with Gasteiger partial charge >= 0.3 is 0 Å². The molecule has 0 fully saturated rings. The SMILES string of the molecule is CO[C@H](C[C@@H](O)C#N)c1ccccc1. The minimum atomic E-state index is -0.972. The third kappa shape index (κ3) is 2.84. The predicted octanol–water partition coefficient (Wildman–Crippen LogP) is 1.65. The molecule has 0 aliphatic carbocycles. The zero-order chi connectivity index (χ0) is 10.4. The Morgan fingerprint density at radius 2 is 2.07 bits per heavy atom. The van der Waals surface area contributed by atoms with Crippen molar-refractivity contribution >= 4 is 0 Å². The molecule has 1 aromatic carbocycles. The van der Waals surface area contributed by atoms with Crippen molar-refractivity contribution in [3.05, 3.63) is 35.9 Å². The number of aliphatic hydroxyl groups excluding tert-OH is 1. The van der Waals surface area contributed by atoms with E-state index in [1.54, 1.807) is 13.2 Å². The number of aliphatic hydroxyl groups is 1. The van der Waals surface area contributed by atoms with Crippen molar-refractivity contribution in [2.45, 2.75) is 18.6 Å². The average Bonchev–Trinajstić information content (AvgIpc) is 2.26. The minimum Gasteiger partial charge on any atom is -0.378 e. The van der Waals surface area contributed by atoms with Crippen LogP contribution in [0.1, 0.15) is 18.1 Å². The van der Waals surface area contributed by atoms with Gasteiger partial charge in [-0.1, -0.05) is 30.3 Å². The van der Waals surface area contributed by atoms with Crippen molar-refractivity contribution in [1.82, 2.24) is 0 Å². The van der Waals surface area contributed by atoms with E-state index >= 15 is 0 Å². The molecule has 0 saturated heterocycles. The van der Waals surface area contributed by atoms with Gasteiger partial charge in [0.05, 0.1) is 12.2 Å². The molecule has 0 aliphatic heterocycles. The first-order valence-corrected chi connectivity index (χ1v) is 4.43. The highest BCUT2D eigenvalue weighted by Gasteiger charge is 2.14. The van der Waals surface area contributed by atoms with E-state index in [4.69, 9.17) is 10.00 Å². The highest BCUT2D eigenvalue weighted by atomic mass is 16.5. The molecule has 3 nitrogen and oxygen atoms in total. The summed E-state index contributed by atoms with van der Waals surface area (Å²) in [4.78, 5) is 0. The topological polar surface area (TPSA) is 53.2 Å². The van der Waals surface area contributed by atoms with Crippen molar-refractivity contribution in [3.8, 4) is 6.07 Å². The lowest BCUT2D eigenvalue weighted by Gasteiger charge is -2.15. The van der Waals surface area contributed by atoms with Gasteiger partial charge in [0.1, 0.15) is 6.10 Å². The van der Waals surface area contributed by atoms with Crippen molar-refractivity contribution in [2.24, 2.45) is 0 Å². The molecule has 14 heavy (non-hydrogen) atoms. The fraction of sp³-hybridized carbons (Fsp3) is 0.364. The predicted molar refractivity (Wildman–Crippen MR) is 52.4 cm³/mol. The Labute approximate surface area is 83.6 Å². The molecule has 1 N–H and O–H groups in total. The number of methoxy groups -OCH3 is 1. The monoisotopic (exact) mass is 191 g/mol. The van der Waals surface area contributed by atoms with Crippen molar-refractivity contribution in [2.75, 3.05) is 7.11 Å². The van der Waals surface area contributed by atoms with E-state index in [1.807, 2.05) is 30.3 Å². The van der Waals surface area contributed by atoms with Crippen molar-refractivity contribution in [1.29, 1.82) is 5.26 Å². The van der Waals surface area contributed by atoms with Gasteiger partial charge in [0.25, 0.3) is 0 Å². The van der Waals surface area contributed by atoms with Crippen LogP contribution < -0.4 is 0 Å². The molecule has 74 valence electrons. The lowest BCUT2D eigenvalue weighted by molar-refractivity contribution is 0.0616. The summed E-state index contributed by atoms with van der Waals surface area (Å²) in [6, 6.07) is 11.3. The molecule has 2 atom stereocenters. The fourth-order valence-electron chi connectivity index (χ4n) is 1.29. The fourth-order valence-corrected chi connectivity index (χ4v) is 1.29. The van der Waals surface area contributed by atoms with Crippen LogP contribution in [-0.2, 0) is 4.74 Å². The van der Waals surface area contributed by atoms with Gasteiger partial charge in [0.15, 0.2) is 0 Å². The van der Waals surface area contributed by atoms with Gasteiger partial charge in [-0.3, -0.25) is 0 Å². The molecule has 0 radical (unpaired) electrons. The van der Waals surface area contributed by atoms with Gasteiger partial charge in [0, 0.05) is 13.5 Å². The minimum absolute atomic E-state index is 0.217. The quantitative estimate of drug-likeness (QED) is 0.736. The highest BCUT2D eigenvalue weighted by Crippen LogP contribution is 2.21. The molecule has 3 heteroatoms. The summed E-state index contributed by atoms with van der Waals surface area (Å²) < 4.78 is 5.20. The molecule has 0 spiro atoms. The lowest BCUT2D eigenvalue weighted by atomic mass is 10.0. The van der Waals surface area contributed by atoms with E-state index in [2.05, 4.69) is 0 Å². The molecule has 0 aromatic heterocycles. The van der Waals surface area contributed by atoms with Crippen molar-refractivity contribution in [3.63, 3.8) is 0 Å². The molecular weight excluding hydrogens is 178 g/mol. The van der Waals surface area contributed by atoms with Gasteiger partial charge < -0.3 is 9.84 Å². The Balaban J connectivity index is 2.69. The Kier molecular flexibility index (Phi) is 4.11. The maximum atomic E-state index is 9.18. The second-order valence-corrected chi connectivity index (χ2v) is 3.02. The van der Waals surface area contributed by atoms with Gasteiger partial charge in [0.2, 0.25) is 0 Å². The smallest absolute Gasteiger partial charge is 0.143 e. The Morgan fingerprint density at radius 1 is 1.43 bits per heavy atom. The van der Waals surface area contributed by atoms with Crippen LogP contribution in [0.25, 0.3) is 0 Å². The molecular formula is C11H13NO2. The van der Waals surface area contributed by atoms with Crippen LogP contribution in [0.3, 0.4) is 0 Å². The maximum absolute atomic E-state index is 9.18. The van der Waals surface area contributed by atoms with Crippen LogP contribution in [0.4, 0.5) is 0 Å². The number of benzene rings is 1. The number of nitriles is 1. The first-order chi connectivity index (χ1) is 6.77. The summed E-state index contributed by atoms with van der Waals surface area (Å²) in [6.45, 7) is 0. The first kappa shape index (κ1) is 10.7. The summed E-state index contributed by atoms with van der Waals surface area (Å²) in [5.74, 6) is 0. The normalized spacial score (nSPS) is 14.4. The first-order valence-electron chi connectivity index (χ1n) is 4.43. The molecule has 0 heterocycles.